The number of carbonyl (C=O) groups excluding carboxylic acids is 1. The molecule has 86 valence electrons. The first kappa shape index (κ1) is 11.3. The highest BCUT2D eigenvalue weighted by molar-refractivity contribution is 6.04. The molecule has 0 atom stereocenters. The van der Waals surface area contributed by atoms with Crippen molar-refractivity contribution in [3.63, 3.8) is 0 Å². The van der Waals surface area contributed by atoms with Gasteiger partial charge in [-0.15, -0.1) is 0 Å². The molecule has 3 nitrogen and oxygen atoms in total. The first-order valence-electron chi connectivity index (χ1n) is 5.14. The Balaban J connectivity index is 2.19. The summed E-state index contributed by atoms with van der Waals surface area (Å²) >= 11 is 0. The Hall–Kier alpha value is -2.23. The lowest BCUT2D eigenvalue weighted by atomic mass is 10.2. The number of benzene rings is 1. The summed E-state index contributed by atoms with van der Waals surface area (Å²) in [5, 5.41) is 2.51. The Bertz CT molecular complexity index is 540. The van der Waals surface area contributed by atoms with Crippen LogP contribution in [0.25, 0.3) is 0 Å². The standard InChI is InChI=1S/C13H11FN2O/c1-9-2-3-12(11(14)8-9)16-13(17)10-4-6-15-7-5-10/h2-8H,1H3,(H,16,17). The van der Waals surface area contributed by atoms with Gasteiger partial charge in [0.25, 0.3) is 5.91 Å². The van der Waals surface area contributed by atoms with Crippen molar-refractivity contribution in [1.82, 2.24) is 4.98 Å². The average Bonchev–Trinajstić information content (AvgIpc) is 2.34. The van der Waals surface area contributed by atoms with Crippen molar-refractivity contribution < 1.29 is 9.18 Å². The van der Waals surface area contributed by atoms with Gasteiger partial charge in [0.2, 0.25) is 0 Å². The van der Waals surface area contributed by atoms with Crippen LogP contribution in [-0.4, -0.2) is 10.9 Å². The number of carbonyl (C=O) groups is 1. The van der Waals surface area contributed by atoms with Crippen molar-refractivity contribution in [3.05, 3.63) is 59.7 Å². The van der Waals surface area contributed by atoms with Gasteiger partial charge in [0.05, 0.1) is 5.69 Å². The lowest BCUT2D eigenvalue weighted by Gasteiger charge is -2.06. The summed E-state index contributed by atoms with van der Waals surface area (Å²) in [4.78, 5) is 15.6. The van der Waals surface area contributed by atoms with Gasteiger partial charge < -0.3 is 5.32 Å². The van der Waals surface area contributed by atoms with Crippen LogP contribution >= 0.6 is 0 Å². The maximum atomic E-state index is 13.5. The lowest BCUT2D eigenvalue weighted by molar-refractivity contribution is 0.102. The van der Waals surface area contributed by atoms with Crippen LogP contribution in [0, 0.1) is 12.7 Å². The number of amides is 1. The largest absolute Gasteiger partial charge is 0.319 e. The molecule has 4 heteroatoms. The molecule has 1 heterocycles. The van der Waals surface area contributed by atoms with E-state index in [0.717, 1.165) is 5.56 Å². The third-order valence-corrected chi connectivity index (χ3v) is 2.32. The van der Waals surface area contributed by atoms with E-state index in [2.05, 4.69) is 10.3 Å². The minimum absolute atomic E-state index is 0.178. The number of aryl methyl sites for hydroxylation is 1. The Morgan fingerprint density at radius 1 is 1.24 bits per heavy atom. The summed E-state index contributed by atoms with van der Waals surface area (Å²) < 4.78 is 13.5. The van der Waals surface area contributed by atoms with E-state index >= 15 is 0 Å². The van der Waals surface area contributed by atoms with Gasteiger partial charge in [-0.3, -0.25) is 9.78 Å². The first-order valence-corrected chi connectivity index (χ1v) is 5.14. The molecule has 0 unspecified atom stereocenters. The highest BCUT2D eigenvalue weighted by Crippen LogP contribution is 2.16. The Morgan fingerprint density at radius 3 is 2.59 bits per heavy atom. The van der Waals surface area contributed by atoms with Crippen LogP contribution in [0.3, 0.4) is 0 Å². The molecule has 17 heavy (non-hydrogen) atoms. The van der Waals surface area contributed by atoms with E-state index < -0.39 is 5.82 Å². The van der Waals surface area contributed by atoms with E-state index in [-0.39, 0.29) is 11.6 Å². The number of hydrogen-bond acceptors (Lipinski definition) is 2. The summed E-state index contributed by atoms with van der Waals surface area (Å²) in [6, 6.07) is 7.81. The minimum Gasteiger partial charge on any atom is -0.319 e. The molecule has 2 aromatic rings. The fourth-order valence-electron chi connectivity index (χ4n) is 1.42. The fraction of sp³-hybridized carbons (Fsp3) is 0.0769. The monoisotopic (exact) mass is 230 g/mol. The summed E-state index contributed by atoms with van der Waals surface area (Å²) in [7, 11) is 0. The van der Waals surface area contributed by atoms with Crippen LogP contribution in [0.1, 0.15) is 15.9 Å². The molecular formula is C13H11FN2O. The lowest BCUT2D eigenvalue weighted by Crippen LogP contribution is -2.12. The van der Waals surface area contributed by atoms with E-state index in [4.69, 9.17) is 0 Å². The van der Waals surface area contributed by atoms with Crippen LogP contribution in [0.5, 0.6) is 0 Å². The molecule has 0 fully saturated rings. The Labute approximate surface area is 98.3 Å². The van der Waals surface area contributed by atoms with Gasteiger partial charge in [-0.25, -0.2) is 4.39 Å². The number of hydrogen-bond donors (Lipinski definition) is 1. The normalized spacial score (nSPS) is 10.0. The molecule has 1 N–H and O–H groups in total. The molecule has 0 saturated carbocycles. The van der Waals surface area contributed by atoms with Gasteiger partial charge >= 0.3 is 0 Å². The zero-order valence-corrected chi connectivity index (χ0v) is 9.27. The average molecular weight is 230 g/mol. The van der Waals surface area contributed by atoms with Gasteiger partial charge in [0.15, 0.2) is 0 Å². The molecule has 0 bridgehead atoms. The van der Waals surface area contributed by atoms with Crippen molar-refractivity contribution in [2.75, 3.05) is 5.32 Å². The summed E-state index contributed by atoms with van der Waals surface area (Å²) in [6.45, 7) is 1.79. The van der Waals surface area contributed by atoms with Crippen LogP contribution < -0.4 is 5.32 Å². The van der Waals surface area contributed by atoms with E-state index in [1.807, 2.05) is 0 Å². The van der Waals surface area contributed by atoms with Gasteiger partial charge in [0, 0.05) is 18.0 Å². The van der Waals surface area contributed by atoms with Gasteiger partial charge in [0.1, 0.15) is 5.82 Å². The maximum Gasteiger partial charge on any atom is 0.255 e. The highest BCUT2D eigenvalue weighted by Gasteiger charge is 2.08. The first-order chi connectivity index (χ1) is 8.16. The Morgan fingerprint density at radius 2 is 1.94 bits per heavy atom. The topological polar surface area (TPSA) is 42.0 Å². The quantitative estimate of drug-likeness (QED) is 0.861. The fourth-order valence-corrected chi connectivity index (χ4v) is 1.42. The predicted octanol–water partition coefficient (Wildman–Crippen LogP) is 2.78. The molecule has 0 aliphatic rings. The minimum atomic E-state index is -0.438. The summed E-state index contributed by atoms with van der Waals surface area (Å²) in [5.74, 6) is -0.789. The third-order valence-electron chi connectivity index (χ3n) is 2.32. The van der Waals surface area contributed by atoms with Crippen LogP contribution in [-0.2, 0) is 0 Å². The third kappa shape index (κ3) is 2.66. The summed E-state index contributed by atoms with van der Waals surface area (Å²) in [6.07, 6.45) is 3.03. The molecule has 1 amide bonds. The van der Waals surface area contributed by atoms with Gasteiger partial charge in [-0.1, -0.05) is 6.07 Å². The van der Waals surface area contributed by atoms with Crippen molar-refractivity contribution in [2.24, 2.45) is 0 Å². The highest BCUT2D eigenvalue weighted by atomic mass is 19.1. The molecule has 2 rings (SSSR count). The van der Waals surface area contributed by atoms with Gasteiger partial charge in [-0.05, 0) is 36.8 Å². The molecule has 0 saturated heterocycles. The molecule has 0 aliphatic heterocycles. The molecule has 0 aliphatic carbocycles. The van der Waals surface area contributed by atoms with Crippen molar-refractivity contribution in [2.45, 2.75) is 6.92 Å². The number of nitrogens with one attached hydrogen (secondary N) is 1. The number of halogens is 1. The summed E-state index contributed by atoms with van der Waals surface area (Å²) in [5.41, 5.74) is 1.43. The second-order valence-corrected chi connectivity index (χ2v) is 3.67. The maximum absolute atomic E-state index is 13.5. The number of rotatable bonds is 2. The number of pyridine rings is 1. The molecule has 0 radical (unpaired) electrons. The zero-order valence-electron chi connectivity index (χ0n) is 9.27. The van der Waals surface area contributed by atoms with Crippen LogP contribution in [0.15, 0.2) is 42.7 Å². The van der Waals surface area contributed by atoms with E-state index in [1.165, 1.54) is 18.5 Å². The molecule has 1 aromatic carbocycles. The zero-order chi connectivity index (χ0) is 12.3. The van der Waals surface area contributed by atoms with E-state index in [0.29, 0.717) is 5.56 Å². The number of nitrogens with zero attached hydrogens (tertiary/aromatic N) is 1. The molecule has 1 aromatic heterocycles. The molecular weight excluding hydrogens is 219 g/mol. The van der Waals surface area contributed by atoms with Crippen molar-refractivity contribution >= 4 is 11.6 Å². The van der Waals surface area contributed by atoms with E-state index in [9.17, 15) is 9.18 Å². The predicted molar refractivity (Wildman–Crippen MR) is 63.3 cm³/mol. The number of aromatic nitrogens is 1. The van der Waals surface area contributed by atoms with Crippen LogP contribution in [0.2, 0.25) is 0 Å². The van der Waals surface area contributed by atoms with Gasteiger partial charge in [-0.2, -0.15) is 0 Å². The number of anilines is 1. The van der Waals surface area contributed by atoms with Crippen molar-refractivity contribution in [1.29, 1.82) is 0 Å². The second-order valence-electron chi connectivity index (χ2n) is 3.67. The second kappa shape index (κ2) is 4.74. The van der Waals surface area contributed by atoms with E-state index in [1.54, 1.807) is 31.2 Å². The SMILES string of the molecule is Cc1ccc(NC(=O)c2ccncc2)c(F)c1. The van der Waals surface area contributed by atoms with Crippen molar-refractivity contribution in [3.8, 4) is 0 Å². The smallest absolute Gasteiger partial charge is 0.255 e. The van der Waals surface area contributed by atoms with Crippen LogP contribution in [0.4, 0.5) is 10.1 Å². The molecule has 0 spiro atoms. The Kier molecular flexibility index (Phi) is 3.14.